The van der Waals surface area contributed by atoms with Gasteiger partial charge >= 0.3 is 0 Å². The maximum absolute atomic E-state index is 12.4. The molecular formula is C16H18N2O2. The van der Waals surface area contributed by atoms with E-state index in [-0.39, 0.29) is 18.6 Å². The van der Waals surface area contributed by atoms with E-state index < -0.39 is 0 Å². The number of hydrogen-bond acceptors (Lipinski definition) is 2. The Morgan fingerprint density at radius 1 is 1.20 bits per heavy atom. The fourth-order valence-electron chi connectivity index (χ4n) is 2.74. The molecule has 2 heterocycles. The molecule has 0 bridgehead atoms. The number of rotatable bonds is 3. The maximum Gasteiger partial charge on any atom is 0.254 e. The van der Waals surface area contributed by atoms with Gasteiger partial charge < -0.3 is 14.6 Å². The molecule has 4 heteroatoms. The zero-order valence-electron chi connectivity index (χ0n) is 11.3. The van der Waals surface area contributed by atoms with E-state index in [1.165, 1.54) is 0 Å². The van der Waals surface area contributed by atoms with Gasteiger partial charge in [0.1, 0.15) is 0 Å². The first kappa shape index (κ1) is 12.9. The van der Waals surface area contributed by atoms with Gasteiger partial charge in [-0.05, 0) is 49.2 Å². The predicted molar refractivity (Wildman–Crippen MR) is 76.9 cm³/mol. The summed E-state index contributed by atoms with van der Waals surface area (Å²) < 4.78 is 2.00. The Morgan fingerprint density at radius 3 is 2.55 bits per heavy atom. The molecule has 1 aromatic carbocycles. The van der Waals surface area contributed by atoms with Crippen LogP contribution >= 0.6 is 0 Å². The summed E-state index contributed by atoms with van der Waals surface area (Å²) >= 11 is 0. The summed E-state index contributed by atoms with van der Waals surface area (Å²) in [6.45, 7) is 0.788. The minimum atomic E-state index is -0.0216. The first-order chi connectivity index (χ1) is 9.79. The lowest BCUT2D eigenvalue weighted by molar-refractivity contribution is 0.0677. The van der Waals surface area contributed by atoms with Crippen molar-refractivity contribution in [3.63, 3.8) is 0 Å². The van der Waals surface area contributed by atoms with Crippen LogP contribution in [0.1, 0.15) is 23.2 Å². The van der Waals surface area contributed by atoms with Crippen molar-refractivity contribution >= 4 is 5.91 Å². The third kappa shape index (κ3) is 2.34. The van der Waals surface area contributed by atoms with E-state index in [1.807, 2.05) is 53.4 Å². The Balaban J connectivity index is 1.79. The number of benzene rings is 1. The summed E-state index contributed by atoms with van der Waals surface area (Å²) in [4.78, 5) is 14.2. The molecule has 1 saturated heterocycles. The zero-order chi connectivity index (χ0) is 13.9. The van der Waals surface area contributed by atoms with Crippen LogP contribution in [0.3, 0.4) is 0 Å². The van der Waals surface area contributed by atoms with Crippen LogP contribution in [0.4, 0.5) is 0 Å². The molecule has 1 atom stereocenters. The number of carbonyl (C=O) groups excluding carboxylic acids is 1. The van der Waals surface area contributed by atoms with Crippen LogP contribution in [0, 0.1) is 0 Å². The van der Waals surface area contributed by atoms with Crippen molar-refractivity contribution < 1.29 is 9.90 Å². The van der Waals surface area contributed by atoms with Crippen molar-refractivity contribution in [3.8, 4) is 5.69 Å². The zero-order valence-corrected chi connectivity index (χ0v) is 11.3. The lowest BCUT2D eigenvalue weighted by Gasteiger charge is -2.23. The lowest BCUT2D eigenvalue weighted by atomic mass is 10.1. The molecule has 0 saturated carbocycles. The minimum Gasteiger partial charge on any atom is -0.394 e. The van der Waals surface area contributed by atoms with E-state index in [0.717, 1.165) is 25.1 Å². The second-order valence-corrected chi connectivity index (χ2v) is 5.11. The van der Waals surface area contributed by atoms with Crippen LogP contribution in [0.2, 0.25) is 0 Å². The molecule has 20 heavy (non-hydrogen) atoms. The van der Waals surface area contributed by atoms with Crippen molar-refractivity contribution in [2.24, 2.45) is 0 Å². The van der Waals surface area contributed by atoms with E-state index in [1.54, 1.807) is 4.90 Å². The van der Waals surface area contributed by atoms with E-state index in [0.29, 0.717) is 5.56 Å². The number of aromatic nitrogens is 1. The molecule has 1 unspecified atom stereocenters. The number of carbonyl (C=O) groups is 1. The molecule has 1 N–H and O–H groups in total. The SMILES string of the molecule is O=C(c1ccc(-n2cccc2)cc1)N1CCCC1CO. The third-order valence-corrected chi connectivity index (χ3v) is 3.87. The second-order valence-electron chi connectivity index (χ2n) is 5.11. The van der Waals surface area contributed by atoms with Crippen LogP contribution in [-0.4, -0.2) is 39.7 Å². The van der Waals surface area contributed by atoms with E-state index >= 15 is 0 Å². The molecule has 4 nitrogen and oxygen atoms in total. The molecule has 3 rings (SSSR count). The fourth-order valence-corrected chi connectivity index (χ4v) is 2.74. The molecule has 1 aliphatic rings. The van der Waals surface area contributed by atoms with Gasteiger partial charge in [0.2, 0.25) is 0 Å². The van der Waals surface area contributed by atoms with Crippen LogP contribution < -0.4 is 0 Å². The predicted octanol–water partition coefficient (Wildman–Crippen LogP) is 2.07. The summed E-state index contributed by atoms with van der Waals surface area (Å²) in [5.41, 5.74) is 1.72. The average Bonchev–Trinajstić information content (AvgIpc) is 3.17. The van der Waals surface area contributed by atoms with Gasteiger partial charge in [-0.25, -0.2) is 0 Å². The van der Waals surface area contributed by atoms with Gasteiger partial charge in [-0.3, -0.25) is 4.79 Å². The molecule has 2 aromatic rings. The molecule has 1 aromatic heterocycles. The van der Waals surface area contributed by atoms with Crippen molar-refractivity contribution in [1.29, 1.82) is 0 Å². The molecule has 0 radical (unpaired) electrons. The highest BCUT2D eigenvalue weighted by Crippen LogP contribution is 2.20. The molecular weight excluding hydrogens is 252 g/mol. The van der Waals surface area contributed by atoms with Crippen LogP contribution in [0.5, 0.6) is 0 Å². The number of likely N-dealkylation sites (tertiary alicyclic amines) is 1. The number of amides is 1. The van der Waals surface area contributed by atoms with Crippen LogP contribution in [0.15, 0.2) is 48.8 Å². The van der Waals surface area contributed by atoms with Gasteiger partial charge in [0, 0.05) is 30.2 Å². The number of hydrogen-bond donors (Lipinski definition) is 1. The molecule has 104 valence electrons. The summed E-state index contributed by atoms with van der Waals surface area (Å²) in [5.74, 6) is 0.0145. The fraction of sp³-hybridized carbons (Fsp3) is 0.312. The average molecular weight is 270 g/mol. The largest absolute Gasteiger partial charge is 0.394 e. The topological polar surface area (TPSA) is 45.5 Å². The first-order valence-electron chi connectivity index (χ1n) is 6.95. The molecule has 1 fully saturated rings. The van der Waals surface area contributed by atoms with Gasteiger partial charge in [-0.2, -0.15) is 0 Å². The second kappa shape index (κ2) is 5.51. The van der Waals surface area contributed by atoms with Gasteiger partial charge in [-0.15, -0.1) is 0 Å². The highest BCUT2D eigenvalue weighted by molar-refractivity contribution is 5.94. The highest BCUT2D eigenvalue weighted by Gasteiger charge is 2.28. The Bertz CT molecular complexity index is 575. The lowest BCUT2D eigenvalue weighted by Crippen LogP contribution is -2.37. The van der Waals surface area contributed by atoms with Crippen LogP contribution in [0.25, 0.3) is 5.69 Å². The maximum atomic E-state index is 12.4. The summed E-state index contributed by atoms with van der Waals surface area (Å²) in [6.07, 6.45) is 5.81. The number of nitrogens with zero attached hydrogens (tertiary/aromatic N) is 2. The Morgan fingerprint density at radius 2 is 1.90 bits per heavy atom. The first-order valence-corrected chi connectivity index (χ1v) is 6.95. The van der Waals surface area contributed by atoms with Crippen molar-refractivity contribution in [2.75, 3.05) is 13.2 Å². The minimum absolute atomic E-state index is 0.0145. The number of aliphatic hydroxyl groups is 1. The summed E-state index contributed by atoms with van der Waals surface area (Å²) in [5, 5.41) is 9.30. The summed E-state index contributed by atoms with van der Waals surface area (Å²) in [6, 6.07) is 11.5. The molecule has 1 aliphatic heterocycles. The molecule has 0 aliphatic carbocycles. The molecule has 0 spiro atoms. The normalized spacial score (nSPS) is 18.4. The van der Waals surface area contributed by atoms with Crippen molar-refractivity contribution in [3.05, 3.63) is 54.4 Å². The Kier molecular flexibility index (Phi) is 3.56. The van der Waals surface area contributed by atoms with Crippen LogP contribution in [-0.2, 0) is 0 Å². The highest BCUT2D eigenvalue weighted by atomic mass is 16.3. The van der Waals surface area contributed by atoms with E-state index in [4.69, 9.17) is 0 Å². The number of aliphatic hydroxyl groups excluding tert-OH is 1. The molecule has 1 amide bonds. The van der Waals surface area contributed by atoms with Crippen molar-refractivity contribution in [2.45, 2.75) is 18.9 Å². The Hall–Kier alpha value is -2.07. The monoisotopic (exact) mass is 270 g/mol. The van der Waals surface area contributed by atoms with Gasteiger partial charge in [0.25, 0.3) is 5.91 Å². The van der Waals surface area contributed by atoms with E-state index in [9.17, 15) is 9.90 Å². The van der Waals surface area contributed by atoms with Crippen molar-refractivity contribution in [1.82, 2.24) is 9.47 Å². The van der Waals surface area contributed by atoms with Gasteiger partial charge in [-0.1, -0.05) is 0 Å². The smallest absolute Gasteiger partial charge is 0.254 e. The van der Waals surface area contributed by atoms with E-state index in [2.05, 4.69) is 0 Å². The Labute approximate surface area is 118 Å². The summed E-state index contributed by atoms with van der Waals surface area (Å²) in [7, 11) is 0. The van der Waals surface area contributed by atoms with Gasteiger partial charge in [0.15, 0.2) is 0 Å². The third-order valence-electron chi connectivity index (χ3n) is 3.87. The van der Waals surface area contributed by atoms with Gasteiger partial charge in [0.05, 0.1) is 12.6 Å². The quantitative estimate of drug-likeness (QED) is 0.928. The standard InChI is InChI=1S/C16H18N2O2/c19-12-15-4-3-11-18(15)16(20)13-5-7-14(8-6-13)17-9-1-2-10-17/h1-2,5-10,15,19H,3-4,11-12H2.